The second-order valence-corrected chi connectivity index (χ2v) is 3.29. The maximum absolute atomic E-state index is 9.71. The second-order valence-electron chi connectivity index (χ2n) is 3.29. The maximum Gasteiger partial charge on any atom is 0.331 e. The molecule has 0 saturated heterocycles. The first-order valence-electron chi connectivity index (χ1n) is 7.34. The Hall–Kier alpha value is -2.75. The van der Waals surface area contributed by atoms with E-state index < -0.39 is 17.9 Å². The molecule has 0 heterocycles. The van der Waals surface area contributed by atoms with Gasteiger partial charge >= 0.3 is 17.9 Å². The van der Waals surface area contributed by atoms with Crippen molar-refractivity contribution < 1.29 is 43.9 Å². The van der Waals surface area contributed by atoms with Crippen molar-refractivity contribution in [1.82, 2.24) is 0 Å². The lowest BCUT2D eigenvalue weighted by molar-refractivity contribution is -0.132. The molecule has 10 heteroatoms. The Kier molecular flexibility index (Phi) is 36.0. The summed E-state index contributed by atoms with van der Waals surface area (Å²) in [5.74, 6) is -2.96. The van der Waals surface area contributed by atoms with Gasteiger partial charge in [0, 0.05) is 10.2 Å². The van der Waals surface area contributed by atoms with Crippen LogP contribution in [-0.2, 0) is 28.6 Å². The Morgan fingerprint density at radius 2 is 0.846 bits per heavy atom. The molecule has 0 rings (SSSR count). The summed E-state index contributed by atoms with van der Waals surface area (Å²) in [6.07, 6.45) is 6.31. The molecule has 0 fully saturated rings. The van der Waals surface area contributed by atoms with E-state index in [0.29, 0.717) is 19.8 Å². The fourth-order valence-corrected chi connectivity index (χ4v) is 0.608. The van der Waals surface area contributed by atoms with Gasteiger partial charge in [-0.15, -0.1) is 0 Å². The lowest BCUT2D eigenvalue weighted by Gasteiger charge is -1.87. The second kappa shape index (κ2) is 30.2. The summed E-state index contributed by atoms with van der Waals surface area (Å²) in [7, 11) is 2.97. The summed E-state index contributed by atoms with van der Waals surface area (Å²) in [4.78, 5) is 29.1. The van der Waals surface area contributed by atoms with E-state index in [1.54, 1.807) is 27.3 Å². The number of ether oxygens (including phenoxy) is 3. The predicted octanol–water partition coefficient (Wildman–Crippen LogP) is 2.07. The molecule has 0 bridgehead atoms. The first-order chi connectivity index (χ1) is 12.3. The number of rotatable bonds is 9. The third-order valence-electron chi connectivity index (χ3n) is 1.42. The molecule has 0 amide bonds. The van der Waals surface area contributed by atoms with Crippen LogP contribution in [0.3, 0.4) is 0 Å². The van der Waals surface area contributed by atoms with Gasteiger partial charge in [-0.3, -0.25) is 0 Å². The van der Waals surface area contributed by atoms with Crippen LogP contribution in [0, 0.1) is 0 Å². The van der Waals surface area contributed by atoms with Crippen LogP contribution in [0.15, 0.2) is 37.0 Å². The van der Waals surface area contributed by atoms with Gasteiger partial charge in [-0.25, -0.2) is 14.4 Å². The topological polar surface area (TPSA) is 140 Å². The van der Waals surface area contributed by atoms with Crippen LogP contribution >= 0.6 is 0 Å². The number of carboxylic acid groups (broad SMARTS) is 3. The van der Waals surface area contributed by atoms with Gasteiger partial charge < -0.3 is 29.5 Å². The van der Waals surface area contributed by atoms with Gasteiger partial charge in [0.1, 0.15) is 0 Å². The van der Waals surface area contributed by atoms with Crippen LogP contribution in [-0.4, -0.2) is 63.3 Å². The summed E-state index contributed by atoms with van der Waals surface area (Å²) < 4.78 is 13.7. The van der Waals surface area contributed by atoms with E-state index in [4.69, 9.17) is 15.3 Å². The average molecular weight is 391 g/mol. The Bertz CT molecular complexity index is 356. The van der Waals surface area contributed by atoms with Crippen LogP contribution in [0.5, 0.6) is 0 Å². The van der Waals surface area contributed by atoms with Crippen molar-refractivity contribution in [3.63, 3.8) is 0 Å². The molecule has 0 atom stereocenters. The Labute approximate surface area is 157 Å². The molecule has 3 radical (unpaired) electrons. The normalized spacial score (nSPS) is 9.12. The van der Waals surface area contributed by atoms with Crippen LogP contribution in [0.4, 0.5) is 0 Å². The lowest BCUT2D eigenvalue weighted by Crippen LogP contribution is -1.87. The molecular formula is C16H27O9Si. The minimum Gasteiger partial charge on any atom is -0.501 e. The highest BCUT2D eigenvalue weighted by atomic mass is 28.1. The van der Waals surface area contributed by atoms with E-state index in [-0.39, 0.29) is 0 Å². The Morgan fingerprint density at radius 3 is 0.962 bits per heavy atom. The highest BCUT2D eigenvalue weighted by Crippen LogP contribution is 1.76. The first kappa shape index (κ1) is 31.1. The SMILES string of the molecule is CCOC=CC(=O)O.CCOC=CC(=O)O.CCOC=CC(=O)O.C[Si]. The molecule has 3 N–H and O–H groups in total. The summed E-state index contributed by atoms with van der Waals surface area (Å²) in [6, 6.07) is 0. The third kappa shape index (κ3) is 58.1. The predicted molar refractivity (Wildman–Crippen MR) is 96.8 cm³/mol. The fraction of sp³-hybridized carbons (Fsp3) is 0.438. The van der Waals surface area contributed by atoms with Gasteiger partial charge in [-0.05, 0) is 20.8 Å². The maximum atomic E-state index is 9.71. The number of carbonyl (C=O) groups is 3. The molecule has 0 aliphatic rings. The molecule has 0 saturated carbocycles. The van der Waals surface area contributed by atoms with E-state index >= 15 is 0 Å². The van der Waals surface area contributed by atoms with E-state index in [9.17, 15) is 14.4 Å². The van der Waals surface area contributed by atoms with Crippen molar-refractivity contribution in [2.75, 3.05) is 19.8 Å². The molecule has 0 unspecified atom stereocenters. The van der Waals surface area contributed by atoms with Gasteiger partial charge in [0.25, 0.3) is 0 Å². The number of hydrogen-bond donors (Lipinski definition) is 3. The Morgan fingerprint density at radius 1 is 0.654 bits per heavy atom. The minimum atomic E-state index is -0.988. The van der Waals surface area contributed by atoms with E-state index in [1.807, 2.05) is 0 Å². The van der Waals surface area contributed by atoms with Crippen molar-refractivity contribution >= 4 is 28.2 Å². The molecule has 0 aromatic carbocycles. The van der Waals surface area contributed by atoms with Crippen molar-refractivity contribution in [2.24, 2.45) is 0 Å². The van der Waals surface area contributed by atoms with Crippen LogP contribution in [0.25, 0.3) is 0 Å². The molecule has 0 aliphatic heterocycles. The zero-order valence-electron chi connectivity index (χ0n) is 15.4. The molecule has 0 aliphatic carbocycles. The number of aliphatic carboxylic acids is 3. The molecule has 9 nitrogen and oxygen atoms in total. The van der Waals surface area contributed by atoms with E-state index in [1.165, 1.54) is 0 Å². The summed E-state index contributed by atoms with van der Waals surface area (Å²) in [6.45, 7) is 8.67. The number of hydrogen-bond acceptors (Lipinski definition) is 6. The highest BCUT2D eigenvalue weighted by Gasteiger charge is 1.82. The van der Waals surface area contributed by atoms with E-state index in [0.717, 1.165) is 37.0 Å². The third-order valence-corrected chi connectivity index (χ3v) is 1.42. The fourth-order valence-electron chi connectivity index (χ4n) is 0.608. The van der Waals surface area contributed by atoms with Gasteiger partial charge in [0.15, 0.2) is 0 Å². The van der Waals surface area contributed by atoms with Gasteiger partial charge in [-0.2, -0.15) is 0 Å². The van der Waals surface area contributed by atoms with Gasteiger partial charge in [0.05, 0.1) is 56.8 Å². The van der Waals surface area contributed by atoms with Crippen molar-refractivity contribution in [1.29, 1.82) is 0 Å². The average Bonchev–Trinajstić information content (AvgIpc) is 2.58. The smallest absolute Gasteiger partial charge is 0.331 e. The molecule has 0 aromatic rings. The summed E-state index contributed by atoms with van der Waals surface area (Å²) in [5, 5.41) is 23.9. The standard InChI is InChI=1S/3C5H8O3.CH3Si/c3*1-2-8-4-3-5(6)7;1-2/h3*3-4H,2H2,1H3,(H,6,7);1H3. The quantitative estimate of drug-likeness (QED) is 0.306. The van der Waals surface area contributed by atoms with Gasteiger partial charge in [-0.1, -0.05) is 6.55 Å². The Balaban J connectivity index is -0.000000133. The van der Waals surface area contributed by atoms with Crippen LogP contribution in [0.2, 0.25) is 6.55 Å². The van der Waals surface area contributed by atoms with Crippen molar-refractivity contribution in [3.05, 3.63) is 37.0 Å². The minimum absolute atomic E-state index is 0.504. The van der Waals surface area contributed by atoms with Gasteiger partial charge in [0.2, 0.25) is 0 Å². The monoisotopic (exact) mass is 391 g/mol. The summed E-state index contributed by atoms with van der Waals surface area (Å²) in [5.41, 5.74) is 0. The van der Waals surface area contributed by atoms with E-state index in [2.05, 4.69) is 24.5 Å². The summed E-state index contributed by atoms with van der Waals surface area (Å²) >= 11 is 0. The molecule has 0 aromatic heterocycles. The van der Waals surface area contributed by atoms with Crippen molar-refractivity contribution in [3.8, 4) is 0 Å². The molecule has 26 heavy (non-hydrogen) atoms. The molecule has 0 spiro atoms. The van der Waals surface area contributed by atoms with Crippen molar-refractivity contribution in [2.45, 2.75) is 27.3 Å². The van der Waals surface area contributed by atoms with Crippen LogP contribution < -0.4 is 0 Å². The zero-order valence-corrected chi connectivity index (χ0v) is 16.4. The largest absolute Gasteiger partial charge is 0.501 e. The highest BCUT2D eigenvalue weighted by molar-refractivity contribution is 6.05. The first-order valence-corrected chi connectivity index (χ1v) is 8.34. The van der Waals surface area contributed by atoms with Crippen LogP contribution in [0.1, 0.15) is 20.8 Å². The number of carboxylic acids is 3. The molecule has 149 valence electrons. The molecular weight excluding hydrogens is 364 g/mol. The lowest BCUT2D eigenvalue weighted by atomic mass is 10.6. The zero-order chi connectivity index (χ0) is 21.2.